The molecule has 1 unspecified atom stereocenters. The number of carboxylic acids is 1. The molecular weight excluding hydrogens is 264 g/mol. The Balaban J connectivity index is 2.25. The molecule has 3 nitrogen and oxygen atoms in total. The summed E-state index contributed by atoms with van der Waals surface area (Å²) in [6, 6.07) is 2.55. The van der Waals surface area contributed by atoms with Gasteiger partial charge in [-0.25, -0.2) is 8.78 Å². The first-order valence-corrected chi connectivity index (χ1v) is 6.90. The summed E-state index contributed by atoms with van der Waals surface area (Å²) in [5.41, 5.74) is 0.282. The van der Waals surface area contributed by atoms with Crippen molar-refractivity contribution in [3.05, 3.63) is 35.4 Å². The van der Waals surface area contributed by atoms with Crippen LogP contribution in [-0.2, 0) is 4.79 Å². The van der Waals surface area contributed by atoms with Gasteiger partial charge in [0.1, 0.15) is 6.04 Å². The highest BCUT2D eigenvalue weighted by Gasteiger charge is 2.31. The molecule has 0 aliphatic heterocycles. The maximum absolute atomic E-state index is 13.3. The number of nitrogens with zero attached hydrogens (tertiary/aromatic N) is 1. The maximum atomic E-state index is 13.3. The van der Waals surface area contributed by atoms with Crippen LogP contribution in [0.1, 0.15) is 43.7 Å². The van der Waals surface area contributed by atoms with Gasteiger partial charge in [-0.1, -0.05) is 25.3 Å². The van der Waals surface area contributed by atoms with Gasteiger partial charge in [0.25, 0.3) is 0 Å². The summed E-state index contributed by atoms with van der Waals surface area (Å²) in [6.45, 7) is 0. The average molecular weight is 283 g/mol. The van der Waals surface area contributed by atoms with Gasteiger partial charge < -0.3 is 5.11 Å². The van der Waals surface area contributed by atoms with Crippen molar-refractivity contribution in [3.63, 3.8) is 0 Å². The first-order chi connectivity index (χ1) is 9.50. The molecular formula is C15H19F2NO2. The molecule has 1 atom stereocenters. The number of carboxylic acid groups (broad SMARTS) is 1. The van der Waals surface area contributed by atoms with Crippen molar-refractivity contribution < 1.29 is 18.7 Å². The SMILES string of the molecule is CN(C1CCCCC1)C(C(=O)O)c1ccc(F)c(F)c1. The molecule has 0 aromatic heterocycles. The molecule has 0 bridgehead atoms. The van der Waals surface area contributed by atoms with Crippen LogP contribution in [0.3, 0.4) is 0 Å². The number of aliphatic carboxylic acids is 1. The van der Waals surface area contributed by atoms with E-state index >= 15 is 0 Å². The fraction of sp³-hybridized carbons (Fsp3) is 0.533. The number of halogens is 2. The predicted octanol–water partition coefficient (Wildman–Crippen LogP) is 3.36. The van der Waals surface area contributed by atoms with Crippen LogP contribution in [0.5, 0.6) is 0 Å². The smallest absolute Gasteiger partial charge is 0.325 e. The second kappa shape index (κ2) is 6.31. The first kappa shape index (κ1) is 14.9. The molecule has 0 saturated heterocycles. The second-order valence-corrected chi connectivity index (χ2v) is 5.37. The third-order valence-electron chi connectivity index (χ3n) is 4.05. The summed E-state index contributed by atoms with van der Waals surface area (Å²) in [7, 11) is 1.75. The number of hydrogen-bond donors (Lipinski definition) is 1. The van der Waals surface area contributed by atoms with Crippen molar-refractivity contribution >= 4 is 5.97 Å². The van der Waals surface area contributed by atoms with Crippen molar-refractivity contribution in [1.82, 2.24) is 4.90 Å². The lowest BCUT2D eigenvalue weighted by Crippen LogP contribution is -2.40. The Bertz CT molecular complexity index is 487. The van der Waals surface area contributed by atoms with Gasteiger partial charge in [-0.2, -0.15) is 0 Å². The van der Waals surface area contributed by atoms with E-state index in [0.29, 0.717) is 0 Å². The third-order valence-corrected chi connectivity index (χ3v) is 4.05. The topological polar surface area (TPSA) is 40.5 Å². The van der Waals surface area contributed by atoms with Gasteiger partial charge >= 0.3 is 5.97 Å². The zero-order chi connectivity index (χ0) is 14.7. The number of rotatable bonds is 4. The molecule has 20 heavy (non-hydrogen) atoms. The lowest BCUT2D eigenvalue weighted by atomic mass is 9.92. The number of hydrogen-bond acceptors (Lipinski definition) is 2. The third kappa shape index (κ3) is 3.15. The van der Waals surface area contributed by atoms with Crippen LogP contribution in [0.25, 0.3) is 0 Å². The zero-order valence-electron chi connectivity index (χ0n) is 11.5. The minimum Gasteiger partial charge on any atom is -0.480 e. The monoisotopic (exact) mass is 283 g/mol. The summed E-state index contributed by atoms with van der Waals surface area (Å²) < 4.78 is 26.3. The highest BCUT2D eigenvalue weighted by molar-refractivity contribution is 5.75. The quantitative estimate of drug-likeness (QED) is 0.921. The van der Waals surface area contributed by atoms with Crippen LogP contribution in [0.2, 0.25) is 0 Å². The molecule has 1 saturated carbocycles. The van der Waals surface area contributed by atoms with Crippen molar-refractivity contribution in [1.29, 1.82) is 0 Å². The van der Waals surface area contributed by atoms with Gasteiger partial charge in [-0.15, -0.1) is 0 Å². The van der Waals surface area contributed by atoms with Crippen LogP contribution in [-0.4, -0.2) is 29.1 Å². The second-order valence-electron chi connectivity index (χ2n) is 5.37. The van der Waals surface area contributed by atoms with Crippen LogP contribution in [0.4, 0.5) is 8.78 Å². The van der Waals surface area contributed by atoms with E-state index in [0.717, 1.165) is 37.8 Å². The number of carbonyl (C=O) groups is 1. The fourth-order valence-electron chi connectivity index (χ4n) is 2.93. The summed E-state index contributed by atoms with van der Waals surface area (Å²) >= 11 is 0. The molecule has 1 fully saturated rings. The first-order valence-electron chi connectivity index (χ1n) is 6.90. The Hall–Kier alpha value is -1.49. The Labute approximate surface area is 117 Å². The van der Waals surface area contributed by atoms with Gasteiger partial charge in [0, 0.05) is 6.04 Å². The van der Waals surface area contributed by atoms with Gasteiger partial charge in [0.2, 0.25) is 0 Å². The van der Waals surface area contributed by atoms with E-state index in [1.54, 1.807) is 11.9 Å². The zero-order valence-corrected chi connectivity index (χ0v) is 11.5. The lowest BCUT2D eigenvalue weighted by Gasteiger charge is -2.35. The van der Waals surface area contributed by atoms with Gasteiger partial charge in [0.05, 0.1) is 0 Å². The maximum Gasteiger partial charge on any atom is 0.325 e. The highest BCUT2D eigenvalue weighted by atomic mass is 19.2. The largest absolute Gasteiger partial charge is 0.480 e. The summed E-state index contributed by atoms with van der Waals surface area (Å²) in [6.07, 6.45) is 5.24. The molecule has 5 heteroatoms. The van der Waals surface area contributed by atoms with E-state index in [1.807, 2.05) is 0 Å². The Morgan fingerprint density at radius 3 is 2.45 bits per heavy atom. The summed E-state index contributed by atoms with van der Waals surface area (Å²) in [5, 5.41) is 9.43. The van der Waals surface area contributed by atoms with Gasteiger partial charge in [-0.3, -0.25) is 9.69 Å². The van der Waals surface area contributed by atoms with Crippen molar-refractivity contribution in [2.24, 2.45) is 0 Å². The van der Waals surface area contributed by atoms with E-state index in [1.165, 1.54) is 12.5 Å². The van der Waals surface area contributed by atoms with Gasteiger partial charge in [0.15, 0.2) is 11.6 Å². The van der Waals surface area contributed by atoms with Crippen LogP contribution in [0.15, 0.2) is 18.2 Å². The van der Waals surface area contributed by atoms with Gasteiger partial charge in [-0.05, 0) is 37.6 Å². The summed E-state index contributed by atoms with van der Waals surface area (Å²) in [4.78, 5) is 13.3. The van der Waals surface area contributed by atoms with Crippen molar-refractivity contribution in [2.45, 2.75) is 44.2 Å². The Kier molecular flexibility index (Phi) is 4.70. The molecule has 1 aliphatic rings. The molecule has 1 aliphatic carbocycles. The molecule has 0 amide bonds. The normalized spacial score (nSPS) is 18.2. The molecule has 110 valence electrons. The molecule has 1 aromatic rings. The van der Waals surface area contributed by atoms with Crippen LogP contribution in [0, 0.1) is 11.6 Å². The lowest BCUT2D eigenvalue weighted by molar-refractivity contribution is -0.144. The van der Waals surface area contributed by atoms with E-state index in [4.69, 9.17) is 0 Å². The highest BCUT2D eigenvalue weighted by Crippen LogP contribution is 2.29. The molecule has 0 heterocycles. The minimum atomic E-state index is -1.04. The standard InChI is InChI=1S/C15H19F2NO2/c1-18(11-5-3-2-4-6-11)14(15(19)20)10-7-8-12(16)13(17)9-10/h7-9,11,14H,2-6H2,1H3,(H,19,20). The Morgan fingerprint density at radius 1 is 1.25 bits per heavy atom. The predicted molar refractivity (Wildman–Crippen MR) is 71.4 cm³/mol. The minimum absolute atomic E-state index is 0.179. The van der Waals surface area contributed by atoms with Crippen molar-refractivity contribution in [3.8, 4) is 0 Å². The molecule has 0 spiro atoms. The molecule has 1 N–H and O–H groups in total. The van der Waals surface area contributed by atoms with E-state index in [-0.39, 0.29) is 11.6 Å². The molecule has 0 radical (unpaired) electrons. The fourth-order valence-corrected chi connectivity index (χ4v) is 2.93. The van der Waals surface area contributed by atoms with E-state index in [2.05, 4.69) is 0 Å². The van der Waals surface area contributed by atoms with Crippen LogP contribution >= 0.6 is 0 Å². The number of benzene rings is 1. The Morgan fingerprint density at radius 2 is 1.90 bits per heavy atom. The molecule has 2 rings (SSSR count). The number of likely N-dealkylation sites (N-methyl/N-ethyl adjacent to an activating group) is 1. The van der Waals surface area contributed by atoms with E-state index < -0.39 is 23.6 Å². The van der Waals surface area contributed by atoms with E-state index in [9.17, 15) is 18.7 Å². The molecule has 1 aromatic carbocycles. The van der Waals surface area contributed by atoms with Crippen LogP contribution < -0.4 is 0 Å². The van der Waals surface area contributed by atoms with Crippen molar-refractivity contribution in [2.75, 3.05) is 7.05 Å². The summed E-state index contributed by atoms with van der Waals surface area (Å²) in [5.74, 6) is -3.01. The average Bonchev–Trinajstić information content (AvgIpc) is 2.43.